The lowest BCUT2D eigenvalue weighted by Gasteiger charge is -2.24. The van der Waals surface area contributed by atoms with Gasteiger partial charge >= 0.3 is 6.18 Å². The fraction of sp³-hybridized carbons (Fsp3) is 0.481. The van der Waals surface area contributed by atoms with Gasteiger partial charge in [-0.15, -0.1) is 0 Å². The molecule has 204 valence electrons. The molecule has 0 unspecified atom stereocenters. The highest BCUT2D eigenvalue weighted by Crippen LogP contribution is 2.43. The van der Waals surface area contributed by atoms with Crippen LogP contribution in [0.1, 0.15) is 36.8 Å². The zero-order valence-corrected chi connectivity index (χ0v) is 22.7. The van der Waals surface area contributed by atoms with Crippen molar-refractivity contribution in [3.05, 3.63) is 41.7 Å². The SMILES string of the molecule is CN1CCOCC/C=C\c2ccc3c(c[nH]c3c2P(C)(C)=O)-c2nc(ncc2C(F)(F)F)N[C@H]2CC[C@H]1C2. The number of nitrogens with one attached hydrogen (secondary N) is 2. The van der Waals surface area contributed by atoms with Crippen LogP contribution in [0.25, 0.3) is 28.2 Å². The Bertz CT molecular complexity index is 1400. The molecule has 4 heterocycles. The normalized spacial score (nSPS) is 22.6. The van der Waals surface area contributed by atoms with Gasteiger partial charge in [0, 0.05) is 47.3 Å². The molecule has 1 fully saturated rings. The molecular formula is C27H33F3N5O2P. The molecule has 2 aromatic heterocycles. The Labute approximate surface area is 220 Å². The lowest BCUT2D eigenvalue weighted by Crippen LogP contribution is -2.33. The molecular weight excluding hydrogens is 514 g/mol. The Morgan fingerprint density at radius 1 is 1.18 bits per heavy atom. The third kappa shape index (κ3) is 5.53. The molecule has 38 heavy (non-hydrogen) atoms. The van der Waals surface area contributed by atoms with Gasteiger partial charge in [-0.2, -0.15) is 13.2 Å². The van der Waals surface area contributed by atoms with E-state index in [1.807, 2.05) is 18.2 Å². The summed E-state index contributed by atoms with van der Waals surface area (Å²) in [5.41, 5.74) is 0.525. The molecule has 2 aliphatic heterocycles. The Hall–Kier alpha value is -2.68. The average Bonchev–Trinajstić information content (AvgIpc) is 3.48. The predicted octanol–water partition coefficient (Wildman–Crippen LogP) is 5.59. The summed E-state index contributed by atoms with van der Waals surface area (Å²) < 4.78 is 61.5. The second kappa shape index (κ2) is 10.5. The summed E-state index contributed by atoms with van der Waals surface area (Å²) in [5.74, 6) is 0.171. The second-order valence-electron chi connectivity index (χ2n) is 10.5. The van der Waals surface area contributed by atoms with Crippen molar-refractivity contribution in [1.29, 1.82) is 0 Å². The van der Waals surface area contributed by atoms with Gasteiger partial charge in [0.05, 0.1) is 24.4 Å². The molecule has 7 nitrogen and oxygen atoms in total. The van der Waals surface area contributed by atoms with Gasteiger partial charge in [0.25, 0.3) is 0 Å². The Balaban J connectivity index is 1.65. The van der Waals surface area contributed by atoms with E-state index >= 15 is 0 Å². The van der Waals surface area contributed by atoms with Crippen LogP contribution in [0.5, 0.6) is 0 Å². The first-order valence-electron chi connectivity index (χ1n) is 12.9. The summed E-state index contributed by atoms with van der Waals surface area (Å²) in [5, 5.41) is 4.42. The highest BCUT2D eigenvalue weighted by atomic mass is 31.2. The van der Waals surface area contributed by atoms with Crippen LogP contribution in [0.4, 0.5) is 19.1 Å². The van der Waals surface area contributed by atoms with Crippen LogP contribution >= 0.6 is 7.14 Å². The summed E-state index contributed by atoms with van der Waals surface area (Å²) in [4.78, 5) is 13.8. The quantitative estimate of drug-likeness (QED) is 0.387. The molecule has 2 N–H and O–H groups in total. The largest absolute Gasteiger partial charge is 0.419 e. The van der Waals surface area contributed by atoms with Crippen LogP contribution in [0.15, 0.2) is 30.6 Å². The van der Waals surface area contributed by atoms with E-state index in [-0.39, 0.29) is 17.7 Å². The van der Waals surface area contributed by atoms with Gasteiger partial charge in [0.1, 0.15) is 12.7 Å². The van der Waals surface area contributed by atoms with Crippen molar-refractivity contribution in [1.82, 2.24) is 19.9 Å². The number of alkyl halides is 3. The van der Waals surface area contributed by atoms with Crippen LogP contribution in [0.2, 0.25) is 0 Å². The van der Waals surface area contributed by atoms with Gasteiger partial charge in [-0.1, -0.05) is 24.3 Å². The van der Waals surface area contributed by atoms with Crippen LogP contribution in [0, 0.1) is 0 Å². The molecule has 11 heteroatoms. The van der Waals surface area contributed by atoms with Gasteiger partial charge in [0.2, 0.25) is 5.95 Å². The third-order valence-electron chi connectivity index (χ3n) is 7.42. The van der Waals surface area contributed by atoms with Crippen LogP contribution in [-0.4, -0.2) is 72.1 Å². The number of anilines is 1. The minimum absolute atomic E-state index is 0.0619. The molecule has 6 rings (SSSR count). The van der Waals surface area contributed by atoms with Crippen molar-refractivity contribution in [3.8, 4) is 11.3 Å². The number of aromatic nitrogens is 3. The number of nitrogens with zero attached hydrogens (tertiary/aromatic N) is 3. The number of hydrogen-bond donors (Lipinski definition) is 2. The highest BCUT2D eigenvalue weighted by Gasteiger charge is 2.37. The van der Waals surface area contributed by atoms with Crippen molar-refractivity contribution in [2.75, 3.05) is 45.5 Å². The molecule has 1 aromatic carbocycles. The van der Waals surface area contributed by atoms with Crippen molar-refractivity contribution in [2.45, 2.75) is 43.9 Å². The monoisotopic (exact) mass is 547 g/mol. The standard InChI is InChI=1S/C27H33F3N5O2P/c1-35-11-13-37-12-5-4-6-17-7-10-20-21(15-31-24(20)25(17)38(2,3)36)23-22(27(28,29)30)16-32-26(34-23)33-18-8-9-19(35)14-18/h4,6-7,10,15-16,18-19,31H,5,8-9,11-14H2,1-3H3,(H,32,33,34)/b6-4-/t18-,19-/m0/s1. The molecule has 0 amide bonds. The van der Waals surface area contributed by atoms with Crippen molar-refractivity contribution < 1.29 is 22.5 Å². The molecule has 0 spiro atoms. The zero-order valence-electron chi connectivity index (χ0n) is 21.8. The van der Waals surface area contributed by atoms with Crippen molar-refractivity contribution >= 4 is 35.4 Å². The van der Waals surface area contributed by atoms with Gasteiger partial charge < -0.3 is 24.5 Å². The summed E-state index contributed by atoms with van der Waals surface area (Å²) in [6.45, 7) is 5.32. The van der Waals surface area contributed by atoms with E-state index in [0.717, 1.165) is 37.6 Å². The number of halogens is 3. The number of aromatic amines is 1. The van der Waals surface area contributed by atoms with E-state index in [0.29, 0.717) is 47.4 Å². The summed E-state index contributed by atoms with van der Waals surface area (Å²) >= 11 is 0. The Morgan fingerprint density at radius 3 is 2.76 bits per heavy atom. The molecule has 3 aromatic rings. The molecule has 1 aliphatic carbocycles. The minimum atomic E-state index is -4.63. The Kier molecular flexibility index (Phi) is 7.42. The number of H-pyrrole nitrogens is 1. The van der Waals surface area contributed by atoms with Crippen molar-refractivity contribution in [3.63, 3.8) is 0 Å². The first-order valence-corrected chi connectivity index (χ1v) is 15.5. The molecule has 3 aliphatic rings. The zero-order chi connectivity index (χ0) is 27.1. The van der Waals surface area contributed by atoms with Crippen LogP contribution < -0.4 is 10.6 Å². The molecule has 1 saturated carbocycles. The second-order valence-corrected chi connectivity index (χ2v) is 13.7. The summed E-state index contributed by atoms with van der Waals surface area (Å²) in [6, 6.07) is 3.99. The van der Waals surface area contributed by atoms with Crippen LogP contribution in [0.3, 0.4) is 0 Å². The predicted molar refractivity (Wildman–Crippen MR) is 146 cm³/mol. The summed E-state index contributed by atoms with van der Waals surface area (Å²) in [7, 11) is -0.734. The number of benzene rings is 1. The van der Waals surface area contributed by atoms with Gasteiger partial charge in [-0.3, -0.25) is 0 Å². The maximum absolute atomic E-state index is 14.1. The van der Waals surface area contributed by atoms with E-state index in [2.05, 4.69) is 32.2 Å². The average molecular weight is 548 g/mol. The van der Waals surface area contributed by atoms with E-state index < -0.39 is 18.9 Å². The van der Waals surface area contributed by atoms with Crippen molar-refractivity contribution in [2.24, 2.45) is 0 Å². The molecule has 8 bridgehead atoms. The van der Waals surface area contributed by atoms with E-state index in [1.165, 1.54) is 6.20 Å². The maximum atomic E-state index is 14.1. The van der Waals surface area contributed by atoms with Gasteiger partial charge in [0.15, 0.2) is 0 Å². The minimum Gasteiger partial charge on any atom is -0.380 e. The maximum Gasteiger partial charge on any atom is 0.419 e. The smallest absolute Gasteiger partial charge is 0.380 e. The Morgan fingerprint density at radius 2 is 2.00 bits per heavy atom. The molecule has 2 atom stereocenters. The number of likely N-dealkylation sites (N-methyl/N-ethyl adjacent to an activating group) is 1. The summed E-state index contributed by atoms with van der Waals surface area (Å²) in [6.07, 6.45) is 5.04. The van der Waals surface area contributed by atoms with Gasteiger partial charge in [-0.25, -0.2) is 9.97 Å². The van der Waals surface area contributed by atoms with E-state index in [9.17, 15) is 17.7 Å². The number of fused-ring (bicyclic) bond motifs is 7. The van der Waals surface area contributed by atoms with E-state index in [4.69, 9.17) is 4.74 Å². The first-order chi connectivity index (χ1) is 18.0. The molecule has 0 radical (unpaired) electrons. The topological polar surface area (TPSA) is 83.1 Å². The number of hydrogen-bond acceptors (Lipinski definition) is 6. The van der Waals surface area contributed by atoms with E-state index in [1.54, 1.807) is 19.4 Å². The lowest BCUT2D eigenvalue weighted by atomic mass is 10.0. The molecule has 0 saturated heterocycles. The fourth-order valence-corrected chi connectivity index (χ4v) is 7.00. The first kappa shape index (κ1) is 26.9. The number of rotatable bonds is 1. The number of ether oxygens (including phenoxy) is 1. The highest BCUT2D eigenvalue weighted by molar-refractivity contribution is 7.70. The fourth-order valence-electron chi connectivity index (χ4n) is 5.50. The van der Waals surface area contributed by atoms with Crippen LogP contribution in [-0.2, 0) is 15.5 Å². The lowest BCUT2D eigenvalue weighted by molar-refractivity contribution is -0.137. The third-order valence-corrected chi connectivity index (χ3v) is 8.98. The van der Waals surface area contributed by atoms with Gasteiger partial charge in [-0.05, 0) is 51.6 Å².